The molecule has 0 spiro atoms. The van der Waals surface area contributed by atoms with E-state index in [2.05, 4.69) is 16.4 Å². The zero-order valence-electron chi connectivity index (χ0n) is 13.7. The van der Waals surface area contributed by atoms with E-state index < -0.39 is 11.6 Å². The predicted octanol–water partition coefficient (Wildman–Crippen LogP) is 4.25. The largest absolute Gasteiger partial charge is 0.325 e. The summed E-state index contributed by atoms with van der Waals surface area (Å²) in [5, 5.41) is 4.42. The van der Waals surface area contributed by atoms with Gasteiger partial charge in [0.1, 0.15) is 17.3 Å². The molecule has 3 nitrogen and oxygen atoms in total. The van der Waals surface area contributed by atoms with Crippen LogP contribution < -0.4 is 5.32 Å². The molecule has 0 bridgehead atoms. The second-order valence-corrected chi connectivity index (χ2v) is 6.32. The first kappa shape index (κ1) is 17.8. The third-order valence-electron chi connectivity index (χ3n) is 4.78. The number of halogens is 3. The average Bonchev–Trinajstić information content (AvgIpc) is 2.98. The van der Waals surface area contributed by atoms with Crippen molar-refractivity contribution in [1.29, 1.82) is 0 Å². The molecule has 3 heterocycles. The van der Waals surface area contributed by atoms with Gasteiger partial charge < -0.3 is 9.88 Å². The van der Waals surface area contributed by atoms with Crippen molar-refractivity contribution in [3.63, 3.8) is 0 Å². The highest BCUT2D eigenvalue weighted by atomic mass is 35.5. The van der Waals surface area contributed by atoms with E-state index in [-0.39, 0.29) is 24.5 Å². The predicted molar refractivity (Wildman–Crippen MR) is 97.3 cm³/mol. The van der Waals surface area contributed by atoms with Gasteiger partial charge in [0.05, 0.1) is 6.54 Å². The molecule has 2 aromatic heterocycles. The summed E-state index contributed by atoms with van der Waals surface area (Å²) in [6, 6.07) is 10.00. The van der Waals surface area contributed by atoms with E-state index in [0.29, 0.717) is 5.92 Å². The van der Waals surface area contributed by atoms with Gasteiger partial charge in [-0.1, -0.05) is 6.07 Å². The fraction of sp³-hybridized carbons (Fsp3) is 0.316. The van der Waals surface area contributed by atoms with Gasteiger partial charge in [-0.05, 0) is 49.7 Å². The number of hydrogen-bond donors (Lipinski definition) is 1. The zero-order valence-corrected chi connectivity index (χ0v) is 14.5. The Kier molecular flexibility index (Phi) is 5.35. The van der Waals surface area contributed by atoms with Gasteiger partial charge in [-0.3, -0.25) is 0 Å². The van der Waals surface area contributed by atoms with Crippen molar-refractivity contribution in [3.05, 3.63) is 65.5 Å². The third kappa shape index (κ3) is 3.39. The third-order valence-corrected chi connectivity index (χ3v) is 4.78. The number of pyridine rings is 1. The Morgan fingerprint density at radius 3 is 2.68 bits per heavy atom. The van der Waals surface area contributed by atoms with Crippen LogP contribution >= 0.6 is 12.4 Å². The van der Waals surface area contributed by atoms with Gasteiger partial charge in [-0.15, -0.1) is 12.4 Å². The topological polar surface area (TPSA) is 29.9 Å². The van der Waals surface area contributed by atoms with Crippen LogP contribution in [0.25, 0.3) is 11.0 Å². The van der Waals surface area contributed by atoms with Gasteiger partial charge in [-0.2, -0.15) is 0 Å². The number of fused-ring (bicyclic) bond motifs is 1. The summed E-state index contributed by atoms with van der Waals surface area (Å²) in [5.41, 5.74) is 1.96. The van der Waals surface area contributed by atoms with Gasteiger partial charge >= 0.3 is 0 Å². The van der Waals surface area contributed by atoms with Crippen LogP contribution in [-0.4, -0.2) is 22.6 Å². The van der Waals surface area contributed by atoms with Crippen molar-refractivity contribution < 1.29 is 8.78 Å². The molecule has 1 unspecified atom stereocenters. The molecular formula is C19H20ClF2N3. The Balaban J connectivity index is 0.00000182. The fourth-order valence-electron chi connectivity index (χ4n) is 3.56. The summed E-state index contributed by atoms with van der Waals surface area (Å²) in [6.07, 6.45) is 3.90. The van der Waals surface area contributed by atoms with E-state index in [1.165, 1.54) is 18.2 Å². The molecule has 1 aliphatic rings. The van der Waals surface area contributed by atoms with Crippen LogP contribution in [0.2, 0.25) is 0 Å². The first-order chi connectivity index (χ1) is 11.7. The van der Waals surface area contributed by atoms with Gasteiger partial charge in [-0.25, -0.2) is 13.8 Å². The summed E-state index contributed by atoms with van der Waals surface area (Å²) in [6.45, 7) is 2.07. The van der Waals surface area contributed by atoms with Crippen LogP contribution in [0.4, 0.5) is 8.78 Å². The maximum Gasteiger partial charge on any atom is 0.140 e. The molecule has 0 aliphatic carbocycles. The fourth-order valence-corrected chi connectivity index (χ4v) is 3.56. The van der Waals surface area contributed by atoms with Gasteiger partial charge in [0.25, 0.3) is 0 Å². The first-order valence-electron chi connectivity index (χ1n) is 8.32. The summed E-state index contributed by atoms with van der Waals surface area (Å²) in [4.78, 5) is 4.45. The summed E-state index contributed by atoms with van der Waals surface area (Å²) in [5.74, 6) is -0.691. The number of benzene rings is 1. The van der Waals surface area contributed by atoms with Crippen LogP contribution in [0.15, 0.2) is 42.6 Å². The molecule has 6 heteroatoms. The normalized spacial score (nSPS) is 17.4. The van der Waals surface area contributed by atoms with Crippen LogP contribution in [0.1, 0.15) is 30.0 Å². The minimum absolute atomic E-state index is 0. The summed E-state index contributed by atoms with van der Waals surface area (Å²) >= 11 is 0. The van der Waals surface area contributed by atoms with Crippen molar-refractivity contribution in [2.24, 2.45) is 0 Å². The minimum atomic E-state index is -0.513. The van der Waals surface area contributed by atoms with E-state index >= 15 is 0 Å². The van der Waals surface area contributed by atoms with Crippen molar-refractivity contribution in [2.75, 3.05) is 13.1 Å². The lowest BCUT2D eigenvalue weighted by Gasteiger charge is -2.24. The molecule has 1 atom stereocenters. The summed E-state index contributed by atoms with van der Waals surface area (Å²) < 4.78 is 30.2. The Hall–Kier alpha value is -1.98. The molecule has 25 heavy (non-hydrogen) atoms. The Morgan fingerprint density at radius 1 is 1.16 bits per heavy atom. The maximum atomic E-state index is 14.1. The van der Waals surface area contributed by atoms with E-state index in [1.54, 1.807) is 6.20 Å². The highest BCUT2D eigenvalue weighted by Gasteiger charge is 2.22. The second-order valence-electron chi connectivity index (χ2n) is 6.32. The second kappa shape index (κ2) is 7.50. The number of rotatable bonds is 3. The lowest BCUT2D eigenvalue weighted by atomic mass is 9.96. The van der Waals surface area contributed by atoms with Crippen molar-refractivity contribution in [2.45, 2.75) is 25.3 Å². The highest BCUT2D eigenvalue weighted by Crippen LogP contribution is 2.30. The number of piperidine rings is 1. The monoisotopic (exact) mass is 363 g/mol. The molecule has 132 valence electrons. The average molecular weight is 364 g/mol. The van der Waals surface area contributed by atoms with E-state index in [0.717, 1.165) is 42.7 Å². The van der Waals surface area contributed by atoms with Crippen molar-refractivity contribution in [1.82, 2.24) is 14.9 Å². The van der Waals surface area contributed by atoms with Crippen LogP contribution in [-0.2, 0) is 6.54 Å². The Morgan fingerprint density at radius 2 is 1.96 bits per heavy atom. The maximum absolute atomic E-state index is 14.1. The molecular weight excluding hydrogens is 344 g/mol. The molecule has 0 amide bonds. The van der Waals surface area contributed by atoms with Crippen LogP contribution in [0.5, 0.6) is 0 Å². The Labute approximate surface area is 151 Å². The van der Waals surface area contributed by atoms with Gasteiger partial charge in [0.15, 0.2) is 0 Å². The SMILES string of the molecule is Cl.Fc1cccc(F)c1Cn1c(C2CCCNC2)cc2cccnc21. The number of nitrogens with one attached hydrogen (secondary N) is 1. The van der Waals surface area contributed by atoms with Crippen molar-refractivity contribution in [3.8, 4) is 0 Å². The molecule has 0 radical (unpaired) electrons. The lowest BCUT2D eigenvalue weighted by Crippen LogP contribution is -2.29. The standard InChI is InChI=1S/C19H19F2N3.ClH/c20-16-6-1-7-17(21)15(16)12-24-18(14-5-2-8-22-11-14)10-13-4-3-9-23-19(13)24;/h1,3-4,6-7,9-10,14,22H,2,5,8,11-12H2;1H. The number of hydrogen-bond acceptors (Lipinski definition) is 2. The van der Waals surface area contributed by atoms with Gasteiger partial charge in [0, 0.05) is 35.3 Å². The highest BCUT2D eigenvalue weighted by molar-refractivity contribution is 5.85. The molecule has 1 aromatic carbocycles. The smallest absolute Gasteiger partial charge is 0.140 e. The van der Waals surface area contributed by atoms with E-state index in [1.807, 2.05) is 16.7 Å². The molecule has 1 N–H and O–H groups in total. The van der Waals surface area contributed by atoms with Gasteiger partial charge in [0.2, 0.25) is 0 Å². The van der Waals surface area contributed by atoms with E-state index in [9.17, 15) is 8.78 Å². The van der Waals surface area contributed by atoms with Crippen LogP contribution in [0, 0.1) is 11.6 Å². The quantitative estimate of drug-likeness (QED) is 0.753. The van der Waals surface area contributed by atoms with Crippen molar-refractivity contribution >= 4 is 23.4 Å². The summed E-state index contributed by atoms with van der Waals surface area (Å²) in [7, 11) is 0. The Bertz CT molecular complexity index is 852. The van der Waals surface area contributed by atoms with Crippen LogP contribution in [0.3, 0.4) is 0 Å². The minimum Gasteiger partial charge on any atom is -0.325 e. The number of aromatic nitrogens is 2. The molecule has 4 rings (SSSR count). The zero-order chi connectivity index (χ0) is 16.5. The first-order valence-corrected chi connectivity index (χ1v) is 8.32. The molecule has 3 aromatic rings. The molecule has 1 saturated heterocycles. The molecule has 0 saturated carbocycles. The molecule has 1 aliphatic heterocycles. The van der Waals surface area contributed by atoms with E-state index in [4.69, 9.17) is 0 Å². The molecule has 1 fully saturated rings. The lowest BCUT2D eigenvalue weighted by molar-refractivity contribution is 0.442. The number of nitrogens with zero attached hydrogens (tertiary/aromatic N) is 2.